The van der Waals surface area contributed by atoms with Crippen molar-refractivity contribution in [2.24, 2.45) is 0 Å². The van der Waals surface area contributed by atoms with Crippen LogP contribution in [-0.2, 0) is 19.0 Å². The molecule has 0 saturated heterocycles. The quantitative estimate of drug-likeness (QED) is 0.333. The first-order valence-corrected chi connectivity index (χ1v) is 5.07. The average molecular weight is 216 g/mol. The molecule has 1 atom stereocenters. The van der Waals surface area contributed by atoms with Crippen molar-refractivity contribution in [3.05, 3.63) is 12.7 Å². The molecule has 0 aromatic heterocycles. The summed E-state index contributed by atoms with van der Waals surface area (Å²) in [7, 11) is 1.37. The van der Waals surface area contributed by atoms with Crippen LogP contribution >= 0.6 is 0 Å². The van der Waals surface area contributed by atoms with Crippen LogP contribution in [0.3, 0.4) is 0 Å². The molecule has 0 radical (unpaired) electrons. The normalized spacial score (nSPS) is 12.1. The Kier molecular flexibility index (Phi) is 9.11. The number of ether oxygens (including phenoxy) is 3. The molecule has 0 fully saturated rings. The fraction of sp³-hybridized carbons (Fsp3) is 0.727. The van der Waals surface area contributed by atoms with Gasteiger partial charge in [-0.3, -0.25) is 4.79 Å². The molecule has 0 aliphatic carbocycles. The molecule has 0 bridgehead atoms. The summed E-state index contributed by atoms with van der Waals surface area (Å²) < 4.78 is 15.1. The van der Waals surface area contributed by atoms with E-state index in [4.69, 9.17) is 9.47 Å². The average Bonchev–Trinajstić information content (AvgIpc) is 2.23. The van der Waals surface area contributed by atoms with E-state index in [1.54, 1.807) is 6.08 Å². The van der Waals surface area contributed by atoms with Crippen LogP contribution in [0.1, 0.15) is 19.8 Å². The third-order valence-corrected chi connectivity index (χ3v) is 1.75. The standard InChI is InChI=1S/C11H20O4/c1-4-6-14-7-5-8-15-10(2)9-11(12)13-3/h4,10H,1,5-9H2,2-3H3. The Morgan fingerprint density at radius 1 is 1.47 bits per heavy atom. The third kappa shape index (κ3) is 9.43. The second-order valence-corrected chi connectivity index (χ2v) is 3.18. The molecule has 15 heavy (non-hydrogen) atoms. The SMILES string of the molecule is C=CCOCCCOC(C)CC(=O)OC. The van der Waals surface area contributed by atoms with Gasteiger partial charge >= 0.3 is 5.97 Å². The number of hydrogen-bond acceptors (Lipinski definition) is 4. The molecule has 0 aliphatic heterocycles. The summed E-state index contributed by atoms with van der Waals surface area (Å²) in [6.07, 6.45) is 2.72. The van der Waals surface area contributed by atoms with Gasteiger partial charge in [-0.15, -0.1) is 6.58 Å². The van der Waals surface area contributed by atoms with Gasteiger partial charge in [0.05, 0.1) is 26.2 Å². The zero-order valence-electron chi connectivity index (χ0n) is 9.53. The maximum absolute atomic E-state index is 10.9. The van der Waals surface area contributed by atoms with E-state index in [0.29, 0.717) is 26.2 Å². The lowest BCUT2D eigenvalue weighted by Gasteiger charge is -2.11. The molecular weight excluding hydrogens is 196 g/mol. The molecule has 0 heterocycles. The highest BCUT2D eigenvalue weighted by molar-refractivity contribution is 5.69. The van der Waals surface area contributed by atoms with E-state index in [1.807, 2.05) is 6.92 Å². The lowest BCUT2D eigenvalue weighted by atomic mass is 10.3. The smallest absolute Gasteiger partial charge is 0.308 e. The van der Waals surface area contributed by atoms with Crippen LogP contribution in [0.25, 0.3) is 0 Å². The van der Waals surface area contributed by atoms with E-state index in [1.165, 1.54) is 7.11 Å². The topological polar surface area (TPSA) is 44.8 Å². The van der Waals surface area contributed by atoms with Crippen LogP contribution in [0.4, 0.5) is 0 Å². The summed E-state index contributed by atoms with van der Waals surface area (Å²) in [5.41, 5.74) is 0. The number of carbonyl (C=O) groups is 1. The Morgan fingerprint density at radius 2 is 2.20 bits per heavy atom. The molecule has 88 valence electrons. The van der Waals surface area contributed by atoms with Gasteiger partial charge in [-0.2, -0.15) is 0 Å². The maximum Gasteiger partial charge on any atom is 0.308 e. The van der Waals surface area contributed by atoms with Crippen LogP contribution < -0.4 is 0 Å². The first-order valence-electron chi connectivity index (χ1n) is 5.07. The van der Waals surface area contributed by atoms with Crippen molar-refractivity contribution in [1.82, 2.24) is 0 Å². The lowest BCUT2D eigenvalue weighted by molar-refractivity contribution is -0.143. The summed E-state index contributed by atoms with van der Waals surface area (Å²) in [5, 5.41) is 0. The Hall–Kier alpha value is -0.870. The minimum Gasteiger partial charge on any atom is -0.469 e. The number of hydrogen-bond donors (Lipinski definition) is 0. The lowest BCUT2D eigenvalue weighted by Crippen LogP contribution is -2.16. The molecule has 0 spiro atoms. The minimum atomic E-state index is -0.245. The molecule has 0 rings (SSSR count). The Bertz CT molecular complexity index is 179. The van der Waals surface area contributed by atoms with E-state index in [2.05, 4.69) is 11.3 Å². The summed E-state index contributed by atoms with van der Waals surface area (Å²) in [6, 6.07) is 0. The van der Waals surface area contributed by atoms with Gasteiger partial charge in [0.15, 0.2) is 0 Å². The second kappa shape index (κ2) is 9.68. The monoisotopic (exact) mass is 216 g/mol. The van der Waals surface area contributed by atoms with Crippen molar-refractivity contribution < 1.29 is 19.0 Å². The van der Waals surface area contributed by atoms with Crippen molar-refractivity contribution in [3.63, 3.8) is 0 Å². The van der Waals surface area contributed by atoms with Gasteiger partial charge in [-0.25, -0.2) is 0 Å². The minimum absolute atomic E-state index is 0.100. The Morgan fingerprint density at radius 3 is 2.80 bits per heavy atom. The molecule has 0 amide bonds. The second-order valence-electron chi connectivity index (χ2n) is 3.18. The van der Waals surface area contributed by atoms with Gasteiger partial charge in [0.1, 0.15) is 0 Å². The van der Waals surface area contributed by atoms with Crippen molar-refractivity contribution in [3.8, 4) is 0 Å². The largest absolute Gasteiger partial charge is 0.469 e. The molecule has 4 nitrogen and oxygen atoms in total. The Labute approximate surface area is 91.2 Å². The van der Waals surface area contributed by atoms with Crippen LogP contribution in [0.2, 0.25) is 0 Å². The highest BCUT2D eigenvalue weighted by atomic mass is 16.5. The zero-order valence-corrected chi connectivity index (χ0v) is 9.53. The van der Waals surface area contributed by atoms with Gasteiger partial charge in [-0.1, -0.05) is 6.08 Å². The van der Waals surface area contributed by atoms with Gasteiger partial charge in [0.25, 0.3) is 0 Å². The predicted molar refractivity (Wildman–Crippen MR) is 57.7 cm³/mol. The van der Waals surface area contributed by atoms with Crippen molar-refractivity contribution >= 4 is 5.97 Å². The molecule has 0 N–H and O–H groups in total. The van der Waals surface area contributed by atoms with Crippen LogP contribution in [0.5, 0.6) is 0 Å². The zero-order chi connectivity index (χ0) is 11.5. The van der Waals surface area contributed by atoms with Crippen molar-refractivity contribution in [2.45, 2.75) is 25.9 Å². The van der Waals surface area contributed by atoms with Crippen molar-refractivity contribution in [2.75, 3.05) is 26.9 Å². The van der Waals surface area contributed by atoms with E-state index < -0.39 is 0 Å². The van der Waals surface area contributed by atoms with E-state index >= 15 is 0 Å². The van der Waals surface area contributed by atoms with E-state index in [-0.39, 0.29) is 12.1 Å². The third-order valence-electron chi connectivity index (χ3n) is 1.75. The highest BCUT2D eigenvalue weighted by Gasteiger charge is 2.08. The van der Waals surface area contributed by atoms with E-state index in [0.717, 1.165) is 6.42 Å². The first-order chi connectivity index (χ1) is 7.20. The summed E-state index contributed by atoms with van der Waals surface area (Å²) >= 11 is 0. The number of carbonyl (C=O) groups excluding carboxylic acids is 1. The van der Waals surface area contributed by atoms with Gasteiger partial charge in [0.2, 0.25) is 0 Å². The molecule has 0 saturated carbocycles. The fourth-order valence-corrected chi connectivity index (χ4v) is 0.989. The van der Waals surface area contributed by atoms with Crippen LogP contribution in [-0.4, -0.2) is 39.0 Å². The highest BCUT2D eigenvalue weighted by Crippen LogP contribution is 1.99. The van der Waals surface area contributed by atoms with Crippen molar-refractivity contribution in [1.29, 1.82) is 0 Å². The molecule has 0 aromatic rings. The predicted octanol–water partition coefficient (Wildman–Crippen LogP) is 1.55. The molecule has 0 aromatic carbocycles. The first kappa shape index (κ1) is 14.1. The van der Waals surface area contributed by atoms with Gasteiger partial charge in [-0.05, 0) is 13.3 Å². The summed E-state index contributed by atoms with van der Waals surface area (Å²) in [5.74, 6) is -0.245. The fourth-order valence-electron chi connectivity index (χ4n) is 0.989. The number of methoxy groups -OCH3 is 1. The Balaban J connectivity index is 3.27. The molecule has 1 unspecified atom stereocenters. The molecule has 0 aliphatic rings. The van der Waals surface area contributed by atoms with E-state index in [9.17, 15) is 4.79 Å². The maximum atomic E-state index is 10.9. The molecular formula is C11H20O4. The summed E-state index contributed by atoms with van der Waals surface area (Å²) in [4.78, 5) is 10.9. The molecule has 4 heteroatoms. The van der Waals surface area contributed by atoms with Crippen LogP contribution in [0, 0.1) is 0 Å². The number of rotatable bonds is 9. The van der Waals surface area contributed by atoms with Gasteiger partial charge in [0, 0.05) is 13.2 Å². The van der Waals surface area contributed by atoms with Crippen LogP contribution in [0.15, 0.2) is 12.7 Å². The number of esters is 1. The summed E-state index contributed by atoms with van der Waals surface area (Å²) in [6.45, 7) is 7.20. The van der Waals surface area contributed by atoms with Gasteiger partial charge < -0.3 is 14.2 Å².